The Morgan fingerprint density at radius 2 is 2.05 bits per heavy atom. The van der Waals surface area contributed by atoms with Crippen LogP contribution in [-0.2, 0) is 12.8 Å². The second-order valence-electron chi connectivity index (χ2n) is 5.18. The van der Waals surface area contributed by atoms with E-state index in [1.807, 2.05) is 6.07 Å². The summed E-state index contributed by atoms with van der Waals surface area (Å²) in [6.07, 6.45) is 4.83. The van der Waals surface area contributed by atoms with Gasteiger partial charge in [0.2, 0.25) is 0 Å². The number of thiophene rings is 1. The highest BCUT2D eigenvalue weighted by molar-refractivity contribution is 7.12. The Hall–Kier alpha value is -1.39. The van der Waals surface area contributed by atoms with Crippen LogP contribution in [-0.4, -0.2) is 7.11 Å². The number of halogens is 1. The summed E-state index contributed by atoms with van der Waals surface area (Å²) in [7, 11) is 1.46. The molecule has 1 unspecified atom stereocenters. The van der Waals surface area contributed by atoms with Crippen LogP contribution >= 0.6 is 11.3 Å². The average molecular weight is 291 g/mol. The highest BCUT2D eigenvalue weighted by Gasteiger charge is 2.18. The zero-order valence-electron chi connectivity index (χ0n) is 11.5. The molecule has 0 spiro atoms. The van der Waals surface area contributed by atoms with Crippen LogP contribution in [0, 0.1) is 5.82 Å². The van der Waals surface area contributed by atoms with E-state index in [1.54, 1.807) is 17.4 Å². The Morgan fingerprint density at radius 1 is 1.25 bits per heavy atom. The number of benzene rings is 1. The summed E-state index contributed by atoms with van der Waals surface area (Å²) in [5, 5.41) is 0. The molecule has 106 valence electrons. The number of aryl methyl sites for hydroxylation is 2. The predicted octanol–water partition coefficient (Wildman–Crippen LogP) is 3.82. The molecule has 0 fully saturated rings. The molecule has 1 aliphatic rings. The van der Waals surface area contributed by atoms with E-state index in [-0.39, 0.29) is 17.6 Å². The topological polar surface area (TPSA) is 35.2 Å². The van der Waals surface area contributed by atoms with Crippen molar-refractivity contribution in [2.75, 3.05) is 7.11 Å². The Kier molecular flexibility index (Phi) is 3.76. The van der Waals surface area contributed by atoms with Crippen molar-refractivity contribution in [1.29, 1.82) is 0 Å². The molecule has 0 amide bonds. The minimum absolute atomic E-state index is 0.256. The molecule has 1 atom stereocenters. The second kappa shape index (κ2) is 5.54. The molecular weight excluding hydrogens is 273 g/mol. The normalized spacial score (nSPS) is 15.8. The van der Waals surface area contributed by atoms with Crippen LogP contribution in [0.3, 0.4) is 0 Å². The molecule has 1 aromatic heterocycles. The fraction of sp³-hybridized carbons (Fsp3) is 0.375. The van der Waals surface area contributed by atoms with Crippen LogP contribution < -0.4 is 10.5 Å². The van der Waals surface area contributed by atoms with Gasteiger partial charge in [-0.2, -0.15) is 0 Å². The third kappa shape index (κ3) is 2.45. The van der Waals surface area contributed by atoms with E-state index >= 15 is 0 Å². The molecule has 2 nitrogen and oxygen atoms in total. The predicted molar refractivity (Wildman–Crippen MR) is 79.9 cm³/mol. The third-order valence-electron chi connectivity index (χ3n) is 3.86. The van der Waals surface area contributed by atoms with Gasteiger partial charge in [0.15, 0.2) is 11.6 Å². The first-order chi connectivity index (χ1) is 9.69. The Balaban J connectivity index is 1.90. The van der Waals surface area contributed by atoms with E-state index in [2.05, 4.69) is 6.07 Å². The Labute approximate surface area is 122 Å². The molecule has 0 saturated heterocycles. The summed E-state index contributed by atoms with van der Waals surface area (Å²) < 4.78 is 18.7. The van der Waals surface area contributed by atoms with Crippen molar-refractivity contribution in [3.05, 3.63) is 51.0 Å². The van der Waals surface area contributed by atoms with E-state index in [4.69, 9.17) is 10.5 Å². The first-order valence-corrected chi connectivity index (χ1v) is 7.71. The van der Waals surface area contributed by atoms with Gasteiger partial charge >= 0.3 is 0 Å². The quantitative estimate of drug-likeness (QED) is 0.933. The first-order valence-electron chi connectivity index (χ1n) is 6.89. The zero-order chi connectivity index (χ0) is 14.1. The van der Waals surface area contributed by atoms with Crippen molar-refractivity contribution in [2.45, 2.75) is 31.7 Å². The number of fused-ring (bicyclic) bond motifs is 1. The zero-order valence-corrected chi connectivity index (χ0v) is 12.3. The number of hydrogen-bond acceptors (Lipinski definition) is 3. The molecule has 1 heterocycles. The van der Waals surface area contributed by atoms with Crippen LogP contribution in [0.5, 0.6) is 5.75 Å². The number of methoxy groups -OCH3 is 1. The van der Waals surface area contributed by atoms with E-state index in [1.165, 1.54) is 36.5 Å². The summed E-state index contributed by atoms with van der Waals surface area (Å²) in [6.45, 7) is 0. The first kappa shape index (κ1) is 13.6. The van der Waals surface area contributed by atoms with Gasteiger partial charge in [-0.3, -0.25) is 0 Å². The van der Waals surface area contributed by atoms with Gasteiger partial charge in [-0.25, -0.2) is 4.39 Å². The average Bonchev–Trinajstić information content (AvgIpc) is 2.90. The molecule has 0 radical (unpaired) electrons. The van der Waals surface area contributed by atoms with Gasteiger partial charge < -0.3 is 10.5 Å². The molecule has 1 aliphatic carbocycles. The minimum Gasteiger partial charge on any atom is -0.494 e. The van der Waals surface area contributed by atoms with E-state index in [0.29, 0.717) is 0 Å². The number of rotatable bonds is 3. The van der Waals surface area contributed by atoms with Crippen molar-refractivity contribution in [2.24, 2.45) is 5.73 Å². The molecule has 0 bridgehead atoms. The maximum absolute atomic E-state index is 13.8. The molecule has 1 aromatic carbocycles. The van der Waals surface area contributed by atoms with E-state index in [9.17, 15) is 4.39 Å². The van der Waals surface area contributed by atoms with Crippen molar-refractivity contribution in [3.63, 3.8) is 0 Å². The van der Waals surface area contributed by atoms with Crippen molar-refractivity contribution >= 4 is 11.3 Å². The van der Waals surface area contributed by atoms with Crippen LogP contribution in [0.15, 0.2) is 24.3 Å². The maximum Gasteiger partial charge on any atom is 0.165 e. The van der Waals surface area contributed by atoms with Crippen LogP contribution in [0.1, 0.15) is 39.8 Å². The summed E-state index contributed by atoms with van der Waals surface area (Å²) in [4.78, 5) is 2.58. The smallest absolute Gasteiger partial charge is 0.165 e. The molecule has 2 N–H and O–H groups in total. The number of ether oxygens (including phenoxy) is 1. The van der Waals surface area contributed by atoms with Crippen molar-refractivity contribution in [3.8, 4) is 5.75 Å². The van der Waals surface area contributed by atoms with Crippen molar-refractivity contribution in [1.82, 2.24) is 0 Å². The number of nitrogens with two attached hydrogens (primary N) is 1. The van der Waals surface area contributed by atoms with Gasteiger partial charge in [-0.1, -0.05) is 6.07 Å². The van der Waals surface area contributed by atoms with Gasteiger partial charge in [-0.15, -0.1) is 11.3 Å². The van der Waals surface area contributed by atoms with Gasteiger partial charge in [0.05, 0.1) is 13.2 Å². The standard InChI is InChI=1S/C16H18FNOS/c1-19-13-7-6-11(8-12(13)17)16(18)15-9-10-4-2-3-5-14(10)20-15/h6-9,16H,2-5,18H2,1H3. The molecule has 0 saturated carbocycles. The van der Waals surface area contributed by atoms with E-state index < -0.39 is 0 Å². The molecule has 3 rings (SSSR count). The van der Waals surface area contributed by atoms with E-state index in [0.717, 1.165) is 23.3 Å². The fourth-order valence-electron chi connectivity index (χ4n) is 2.71. The van der Waals surface area contributed by atoms with Gasteiger partial charge in [0.25, 0.3) is 0 Å². The minimum atomic E-state index is -0.359. The second-order valence-corrected chi connectivity index (χ2v) is 6.34. The Morgan fingerprint density at radius 3 is 2.75 bits per heavy atom. The Bertz CT molecular complexity index is 599. The summed E-state index contributed by atoms with van der Waals surface area (Å²) >= 11 is 1.78. The summed E-state index contributed by atoms with van der Waals surface area (Å²) in [5.41, 5.74) is 8.52. The maximum atomic E-state index is 13.8. The van der Waals surface area contributed by atoms with Crippen LogP contribution in [0.4, 0.5) is 4.39 Å². The third-order valence-corrected chi connectivity index (χ3v) is 5.18. The molecule has 0 aliphatic heterocycles. The highest BCUT2D eigenvalue weighted by atomic mass is 32.1. The lowest BCUT2D eigenvalue weighted by Crippen LogP contribution is -2.10. The lowest BCUT2D eigenvalue weighted by molar-refractivity contribution is 0.386. The fourth-order valence-corrected chi connectivity index (χ4v) is 3.99. The molecular formula is C16H18FNOS. The molecule has 20 heavy (non-hydrogen) atoms. The number of hydrogen-bond donors (Lipinski definition) is 1. The summed E-state index contributed by atoms with van der Waals surface area (Å²) in [5.74, 6) is -0.104. The van der Waals surface area contributed by atoms with Gasteiger partial charge in [-0.05, 0) is 55.0 Å². The SMILES string of the molecule is COc1ccc(C(N)c2cc3c(s2)CCCC3)cc1F. The van der Waals surface area contributed by atoms with Crippen LogP contribution in [0.25, 0.3) is 0 Å². The molecule has 2 aromatic rings. The monoisotopic (exact) mass is 291 g/mol. The largest absolute Gasteiger partial charge is 0.494 e. The lowest BCUT2D eigenvalue weighted by Gasteiger charge is -2.11. The lowest BCUT2D eigenvalue weighted by atomic mass is 9.98. The molecule has 4 heteroatoms. The van der Waals surface area contributed by atoms with Gasteiger partial charge in [0.1, 0.15) is 0 Å². The van der Waals surface area contributed by atoms with Crippen LogP contribution in [0.2, 0.25) is 0 Å². The highest BCUT2D eigenvalue weighted by Crippen LogP contribution is 2.35. The van der Waals surface area contributed by atoms with Crippen molar-refractivity contribution < 1.29 is 9.13 Å². The summed E-state index contributed by atoms with van der Waals surface area (Å²) in [6, 6.07) is 6.89. The van der Waals surface area contributed by atoms with Gasteiger partial charge in [0, 0.05) is 9.75 Å².